The Labute approximate surface area is 144 Å². The van der Waals surface area contributed by atoms with Crippen LogP contribution in [0.1, 0.15) is 49.9 Å². The van der Waals surface area contributed by atoms with E-state index in [1.807, 2.05) is 26.8 Å². The molecule has 1 aliphatic carbocycles. The summed E-state index contributed by atoms with van der Waals surface area (Å²) in [5.41, 5.74) is 0.434. The predicted octanol–water partition coefficient (Wildman–Crippen LogP) is 4.08. The Bertz CT molecular complexity index is 882. The highest BCUT2D eigenvalue weighted by atomic mass is 35.5. The van der Waals surface area contributed by atoms with Gasteiger partial charge in [0.1, 0.15) is 5.52 Å². The highest BCUT2D eigenvalue weighted by molar-refractivity contribution is 6.35. The summed E-state index contributed by atoms with van der Waals surface area (Å²) >= 11 is 6.17. The molecule has 1 heterocycles. The van der Waals surface area contributed by atoms with Gasteiger partial charge < -0.3 is 4.42 Å². The number of benzene rings is 1. The molecule has 0 amide bonds. The van der Waals surface area contributed by atoms with E-state index in [-0.39, 0.29) is 28.3 Å². The minimum atomic E-state index is -1.30. The Balaban J connectivity index is 2.10. The van der Waals surface area contributed by atoms with Gasteiger partial charge in [-0.1, -0.05) is 32.4 Å². The minimum absolute atomic E-state index is 0.166. The van der Waals surface area contributed by atoms with Gasteiger partial charge in [0.15, 0.2) is 23.1 Å². The second kappa shape index (κ2) is 5.71. The van der Waals surface area contributed by atoms with E-state index in [0.717, 1.165) is 12.8 Å². The Morgan fingerprint density at radius 2 is 2.04 bits per heavy atom. The van der Waals surface area contributed by atoms with Gasteiger partial charge in [0.25, 0.3) is 0 Å². The number of aromatic nitrogens is 1. The molecule has 3 rings (SSSR count). The van der Waals surface area contributed by atoms with E-state index in [4.69, 9.17) is 16.0 Å². The number of hydrogen-bond donors (Lipinski definition) is 0. The standard InChI is InChI=1S/C18H17ClN2O3/c1-18(2,3)17-21-13-12(19)7-6-10(16(13)24-17)15(23)11(8-20)14(22)9-4-5-9/h6-7,9,11H,4-5H2,1-3H3. The van der Waals surface area contributed by atoms with Crippen molar-refractivity contribution in [3.8, 4) is 6.07 Å². The van der Waals surface area contributed by atoms with Crippen LogP contribution in [0.25, 0.3) is 11.1 Å². The number of fused-ring (bicyclic) bond motifs is 1. The van der Waals surface area contributed by atoms with Gasteiger partial charge in [0, 0.05) is 11.3 Å². The fourth-order valence-electron chi connectivity index (χ4n) is 2.50. The third kappa shape index (κ3) is 2.83. The zero-order valence-corrected chi connectivity index (χ0v) is 14.5. The number of hydrogen-bond acceptors (Lipinski definition) is 5. The maximum atomic E-state index is 12.8. The smallest absolute Gasteiger partial charge is 0.200 e. The van der Waals surface area contributed by atoms with Crippen LogP contribution in [-0.2, 0) is 10.2 Å². The average molecular weight is 345 g/mol. The molecule has 1 unspecified atom stereocenters. The molecular weight excluding hydrogens is 328 g/mol. The molecule has 1 aliphatic rings. The summed E-state index contributed by atoms with van der Waals surface area (Å²) < 4.78 is 5.78. The van der Waals surface area contributed by atoms with Crippen LogP contribution in [0.3, 0.4) is 0 Å². The van der Waals surface area contributed by atoms with Gasteiger partial charge in [-0.2, -0.15) is 5.26 Å². The molecule has 1 fully saturated rings. The highest BCUT2D eigenvalue weighted by Crippen LogP contribution is 2.36. The van der Waals surface area contributed by atoms with Gasteiger partial charge >= 0.3 is 0 Å². The molecular formula is C18H17ClN2O3. The first-order chi connectivity index (χ1) is 11.2. The third-order valence-electron chi connectivity index (χ3n) is 4.06. The van der Waals surface area contributed by atoms with Gasteiger partial charge in [-0.05, 0) is 25.0 Å². The van der Waals surface area contributed by atoms with Crippen LogP contribution in [0.4, 0.5) is 0 Å². The average Bonchev–Trinajstić information content (AvgIpc) is 3.25. The SMILES string of the molecule is CC(C)(C)c1nc2c(Cl)ccc(C(=O)C(C#N)C(=O)C3CC3)c2o1. The molecule has 1 atom stereocenters. The summed E-state index contributed by atoms with van der Waals surface area (Å²) in [5.74, 6) is -1.87. The number of carbonyl (C=O) groups excluding carboxylic acids is 2. The molecule has 0 spiro atoms. The van der Waals surface area contributed by atoms with Gasteiger partial charge in [0.2, 0.25) is 5.89 Å². The van der Waals surface area contributed by atoms with Crippen molar-refractivity contribution in [2.45, 2.75) is 39.0 Å². The summed E-state index contributed by atoms with van der Waals surface area (Å²) in [5, 5.41) is 9.67. The largest absolute Gasteiger partial charge is 0.439 e. The third-order valence-corrected chi connectivity index (χ3v) is 4.36. The predicted molar refractivity (Wildman–Crippen MR) is 88.9 cm³/mol. The van der Waals surface area contributed by atoms with Gasteiger partial charge in [-0.25, -0.2) is 4.98 Å². The summed E-state index contributed by atoms with van der Waals surface area (Å²) in [7, 11) is 0. The number of halogens is 1. The molecule has 0 saturated heterocycles. The monoisotopic (exact) mass is 344 g/mol. The van der Waals surface area contributed by atoms with E-state index < -0.39 is 11.7 Å². The molecule has 0 aliphatic heterocycles. The van der Waals surface area contributed by atoms with Crippen LogP contribution in [0, 0.1) is 23.2 Å². The lowest BCUT2D eigenvalue weighted by Gasteiger charge is -2.11. The van der Waals surface area contributed by atoms with Crippen molar-refractivity contribution in [1.82, 2.24) is 4.98 Å². The molecule has 2 aromatic rings. The number of rotatable bonds is 4. The molecule has 6 heteroatoms. The van der Waals surface area contributed by atoms with E-state index >= 15 is 0 Å². The first-order valence-corrected chi connectivity index (χ1v) is 8.19. The summed E-state index contributed by atoms with van der Waals surface area (Å²) in [6, 6.07) is 4.88. The zero-order chi connectivity index (χ0) is 17.6. The van der Waals surface area contributed by atoms with Crippen molar-refractivity contribution in [2.24, 2.45) is 11.8 Å². The number of nitriles is 1. The molecule has 0 radical (unpaired) electrons. The zero-order valence-electron chi connectivity index (χ0n) is 13.7. The second-order valence-electron chi connectivity index (χ2n) is 7.14. The Morgan fingerprint density at radius 3 is 2.58 bits per heavy atom. The number of carbonyl (C=O) groups is 2. The van der Waals surface area contributed by atoms with Crippen LogP contribution in [0.15, 0.2) is 16.5 Å². The lowest BCUT2D eigenvalue weighted by Crippen LogP contribution is -2.24. The molecule has 1 aromatic carbocycles. The fourth-order valence-corrected chi connectivity index (χ4v) is 2.69. The molecule has 5 nitrogen and oxygen atoms in total. The Morgan fingerprint density at radius 1 is 1.38 bits per heavy atom. The van der Waals surface area contributed by atoms with Crippen LogP contribution in [0.2, 0.25) is 5.02 Å². The lowest BCUT2D eigenvalue weighted by molar-refractivity contribution is -0.121. The summed E-state index contributed by atoms with van der Waals surface area (Å²) in [4.78, 5) is 29.3. The maximum Gasteiger partial charge on any atom is 0.200 e. The van der Waals surface area contributed by atoms with E-state index in [2.05, 4.69) is 4.98 Å². The maximum absolute atomic E-state index is 12.8. The topological polar surface area (TPSA) is 84.0 Å². The van der Waals surface area contributed by atoms with E-state index in [1.165, 1.54) is 6.07 Å². The molecule has 24 heavy (non-hydrogen) atoms. The minimum Gasteiger partial charge on any atom is -0.439 e. The quantitative estimate of drug-likeness (QED) is 0.616. The Hall–Kier alpha value is -2.19. The van der Waals surface area contributed by atoms with Crippen molar-refractivity contribution in [1.29, 1.82) is 5.26 Å². The lowest BCUT2D eigenvalue weighted by atomic mass is 9.92. The number of Topliss-reactive ketones (excluding diaryl/α,β-unsaturated/α-hetero) is 2. The number of oxazole rings is 1. The van der Waals surface area contributed by atoms with Gasteiger partial charge in [-0.15, -0.1) is 0 Å². The molecule has 124 valence electrons. The van der Waals surface area contributed by atoms with Crippen LogP contribution in [-0.4, -0.2) is 16.6 Å². The second-order valence-corrected chi connectivity index (χ2v) is 7.55. The van der Waals surface area contributed by atoms with E-state index in [1.54, 1.807) is 6.07 Å². The molecule has 0 bridgehead atoms. The summed E-state index contributed by atoms with van der Waals surface area (Å²) in [6.45, 7) is 5.80. The molecule has 1 aromatic heterocycles. The van der Waals surface area contributed by atoms with Gasteiger partial charge in [0.05, 0.1) is 16.7 Å². The number of nitrogens with zero attached hydrogens (tertiary/aromatic N) is 2. The van der Waals surface area contributed by atoms with Crippen molar-refractivity contribution in [3.05, 3.63) is 28.6 Å². The highest BCUT2D eigenvalue weighted by Gasteiger charge is 2.39. The van der Waals surface area contributed by atoms with Crippen molar-refractivity contribution in [2.75, 3.05) is 0 Å². The molecule has 0 N–H and O–H groups in total. The van der Waals surface area contributed by atoms with Crippen LogP contribution >= 0.6 is 11.6 Å². The van der Waals surface area contributed by atoms with Crippen molar-refractivity contribution >= 4 is 34.3 Å². The van der Waals surface area contributed by atoms with Crippen molar-refractivity contribution < 1.29 is 14.0 Å². The van der Waals surface area contributed by atoms with Gasteiger partial charge in [-0.3, -0.25) is 9.59 Å². The van der Waals surface area contributed by atoms with Crippen molar-refractivity contribution in [3.63, 3.8) is 0 Å². The van der Waals surface area contributed by atoms with Crippen LogP contribution < -0.4 is 0 Å². The van der Waals surface area contributed by atoms with E-state index in [9.17, 15) is 14.9 Å². The number of ketones is 2. The fraction of sp³-hybridized carbons (Fsp3) is 0.444. The summed E-state index contributed by atoms with van der Waals surface area (Å²) in [6.07, 6.45) is 1.49. The normalized spacial score (nSPS) is 16.0. The van der Waals surface area contributed by atoms with Crippen LogP contribution in [0.5, 0.6) is 0 Å². The Kier molecular flexibility index (Phi) is 3.97. The first kappa shape index (κ1) is 16.7. The van der Waals surface area contributed by atoms with E-state index in [0.29, 0.717) is 16.4 Å². The first-order valence-electron chi connectivity index (χ1n) is 7.81. The molecule has 1 saturated carbocycles.